The molecule has 0 spiro atoms. The summed E-state index contributed by atoms with van der Waals surface area (Å²) >= 11 is 0. The first kappa shape index (κ1) is 51.4. The fourth-order valence-corrected chi connectivity index (χ4v) is 6.67. The molecule has 0 aliphatic carbocycles. The van der Waals surface area contributed by atoms with E-state index in [0.717, 1.165) is 82.1 Å². The second-order valence-corrected chi connectivity index (χ2v) is 15.8. The lowest BCUT2D eigenvalue weighted by atomic mass is 10.0. The van der Waals surface area contributed by atoms with Crippen molar-refractivity contribution in [2.75, 3.05) is 26.4 Å². The number of hydrogen-bond donors (Lipinski definition) is 4. The molecule has 56 heavy (non-hydrogen) atoms. The number of nitrogens with two attached hydrogens (primary N) is 1. The van der Waals surface area contributed by atoms with Gasteiger partial charge in [0.2, 0.25) is 0 Å². The number of carbonyl (C=O) groups excluding carboxylic acids is 2. The number of phosphoric ester groups is 1. The number of carbonyl (C=O) groups is 2. The number of hydrogen-bond acceptors (Lipinski definition) is 11. The Labute approximate surface area is 336 Å². The maximum atomic E-state index is 12.6. The number of esters is 2. The van der Waals surface area contributed by atoms with Gasteiger partial charge in [0.05, 0.1) is 25.4 Å². The van der Waals surface area contributed by atoms with Crippen LogP contribution < -0.4 is 5.73 Å². The van der Waals surface area contributed by atoms with Crippen molar-refractivity contribution in [3.63, 3.8) is 0 Å². The van der Waals surface area contributed by atoms with E-state index in [1.807, 2.05) is 12.2 Å². The molecule has 3 unspecified atom stereocenters. The number of furan rings is 1. The zero-order chi connectivity index (χ0) is 41.4. The number of aliphatic hydroxyl groups excluding tert-OH is 2. The quantitative estimate of drug-likeness (QED) is 0.0221. The minimum atomic E-state index is -4.47. The van der Waals surface area contributed by atoms with Crippen molar-refractivity contribution < 1.29 is 52.2 Å². The lowest BCUT2D eigenvalue weighted by Crippen LogP contribution is -2.30. The Hall–Kier alpha value is -2.57. The third-order valence-electron chi connectivity index (χ3n) is 9.40. The molecular weight excluding hydrogens is 737 g/mol. The molecular formula is C43H74NO11P. The summed E-state index contributed by atoms with van der Waals surface area (Å²) in [5.74, 6) is 1.05. The summed E-state index contributed by atoms with van der Waals surface area (Å²) < 4.78 is 38.7. The van der Waals surface area contributed by atoms with E-state index in [2.05, 4.69) is 52.0 Å². The Morgan fingerprint density at radius 3 is 2.04 bits per heavy atom. The van der Waals surface area contributed by atoms with Crippen LogP contribution in [0.25, 0.3) is 0 Å². The number of allylic oxidation sites excluding steroid dienone is 5. The number of rotatable bonds is 35. The lowest BCUT2D eigenvalue weighted by molar-refractivity contribution is -0.161. The normalized spacial score (nSPS) is 14.8. The molecule has 322 valence electrons. The van der Waals surface area contributed by atoms with Crippen molar-refractivity contribution in [3.05, 3.63) is 59.1 Å². The van der Waals surface area contributed by atoms with Crippen LogP contribution >= 0.6 is 7.82 Å². The van der Waals surface area contributed by atoms with E-state index in [1.54, 1.807) is 0 Å². The Balaban J connectivity index is 2.39. The van der Waals surface area contributed by atoms with Crippen LogP contribution in [0.4, 0.5) is 0 Å². The van der Waals surface area contributed by atoms with E-state index in [0.29, 0.717) is 6.42 Å². The highest BCUT2D eigenvalue weighted by atomic mass is 31.2. The van der Waals surface area contributed by atoms with Gasteiger partial charge in [0, 0.05) is 32.2 Å². The number of aliphatic hydroxyl groups is 2. The molecule has 0 bridgehead atoms. The highest BCUT2D eigenvalue weighted by Gasteiger charge is 2.26. The molecule has 1 rings (SSSR count). The first-order chi connectivity index (χ1) is 26.9. The smallest absolute Gasteiger partial charge is 0.466 e. The molecule has 0 radical (unpaired) electrons. The summed E-state index contributed by atoms with van der Waals surface area (Å²) in [6.07, 6.45) is 25.0. The molecule has 1 heterocycles. The Morgan fingerprint density at radius 1 is 0.732 bits per heavy atom. The molecule has 0 saturated heterocycles. The van der Waals surface area contributed by atoms with E-state index < -0.39 is 44.7 Å². The van der Waals surface area contributed by atoms with Crippen LogP contribution in [0, 0.1) is 13.8 Å². The highest BCUT2D eigenvalue weighted by Crippen LogP contribution is 2.43. The van der Waals surface area contributed by atoms with Gasteiger partial charge in [-0.1, -0.05) is 88.8 Å². The first-order valence-corrected chi connectivity index (χ1v) is 22.5. The highest BCUT2D eigenvalue weighted by molar-refractivity contribution is 7.47. The van der Waals surface area contributed by atoms with Gasteiger partial charge in [0.25, 0.3) is 0 Å². The SMILES string of the molecule is CCCCC/C=C\C/C=C\C/C=C\CC(O)C(O)CCCC(=O)O[C@H](COC(=O)CCCCCCCCc1oc(CCC)c(C)c1C)COP(=O)(O)OCCN. The minimum absolute atomic E-state index is 0.000264. The largest absolute Gasteiger partial charge is 0.472 e. The van der Waals surface area contributed by atoms with Gasteiger partial charge in [-0.15, -0.1) is 0 Å². The number of aryl methyl sites for hydroxylation is 2. The van der Waals surface area contributed by atoms with Crippen LogP contribution in [0.5, 0.6) is 0 Å². The van der Waals surface area contributed by atoms with Crippen molar-refractivity contribution in [3.8, 4) is 0 Å². The average molecular weight is 812 g/mol. The molecule has 0 aliphatic rings. The summed E-state index contributed by atoms with van der Waals surface area (Å²) in [6.45, 7) is 7.48. The molecule has 0 amide bonds. The fourth-order valence-electron chi connectivity index (χ4n) is 5.90. The summed E-state index contributed by atoms with van der Waals surface area (Å²) in [7, 11) is -4.47. The third-order valence-corrected chi connectivity index (χ3v) is 10.4. The monoisotopic (exact) mass is 811 g/mol. The van der Waals surface area contributed by atoms with Crippen LogP contribution in [-0.4, -0.2) is 71.7 Å². The van der Waals surface area contributed by atoms with E-state index >= 15 is 0 Å². The summed E-state index contributed by atoms with van der Waals surface area (Å²) in [5.41, 5.74) is 7.87. The van der Waals surface area contributed by atoms with Crippen molar-refractivity contribution in [1.82, 2.24) is 0 Å². The van der Waals surface area contributed by atoms with Gasteiger partial charge in [-0.05, 0) is 89.2 Å². The van der Waals surface area contributed by atoms with E-state index in [9.17, 15) is 29.3 Å². The Bertz CT molecular complexity index is 1320. The molecule has 5 N–H and O–H groups in total. The number of unbranched alkanes of at least 4 members (excludes halogenated alkanes) is 8. The second kappa shape index (κ2) is 32.4. The predicted molar refractivity (Wildman–Crippen MR) is 221 cm³/mol. The van der Waals surface area contributed by atoms with E-state index in [-0.39, 0.29) is 51.9 Å². The number of ether oxygens (including phenoxy) is 2. The molecule has 1 aromatic heterocycles. The van der Waals surface area contributed by atoms with Crippen molar-refractivity contribution in [2.45, 2.75) is 174 Å². The van der Waals surface area contributed by atoms with Gasteiger partial charge in [0.1, 0.15) is 18.1 Å². The summed E-state index contributed by atoms with van der Waals surface area (Å²) in [4.78, 5) is 35.0. The molecule has 0 saturated carbocycles. The average Bonchev–Trinajstić information content (AvgIpc) is 3.44. The van der Waals surface area contributed by atoms with Crippen LogP contribution in [0.15, 0.2) is 40.9 Å². The van der Waals surface area contributed by atoms with Gasteiger partial charge in [-0.3, -0.25) is 18.6 Å². The molecule has 4 atom stereocenters. The van der Waals surface area contributed by atoms with Crippen molar-refractivity contribution in [1.29, 1.82) is 0 Å². The summed E-state index contributed by atoms with van der Waals surface area (Å²) in [6, 6.07) is 0. The first-order valence-electron chi connectivity index (χ1n) is 21.0. The lowest BCUT2D eigenvalue weighted by Gasteiger charge is -2.20. The Kier molecular flexibility index (Phi) is 29.8. The second-order valence-electron chi connectivity index (χ2n) is 14.4. The third kappa shape index (κ3) is 25.6. The zero-order valence-corrected chi connectivity index (χ0v) is 35.7. The van der Waals surface area contributed by atoms with Crippen LogP contribution in [0.1, 0.15) is 152 Å². The molecule has 12 nitrogen and oxygen atoms in total. The van der Waals surface area contributed by atoms with Crippen LogP contribution in [0.3, 0.4) is 0 Å². The van der Waals surface area contributed by atoms with E-state index in [4.69, 9.17) is 28.7 Å². The fraction of sp³-hybridized carbons (Fsp3) is 0.721. The van der Waals surface area contributed by atoms with Gasteiger partial charge in [-0.25, -0.2) is 4.57 Å². The minimum Gasteiger partial charge on any atom is -0.466 e. The molecule has 0 aromatic carbocycles. The van der Waals surface area contributed by atoms with Gasteiger partial charge in [-0.2, -0.15) is 0 Å². The molecule has 13 heteroatoms. The maximum Gasteiger partial charge on any atom is 0.472 e. The maximum absolute atomic E-state index is 12.6. The topological polar surface area (TPSA) is 188 Å². The van der Waals surface area contributed by atoms with Crippen LogP contribution in [0.2, 0.25) is 0 Å². The van der Waals surface area contributed by atoms with Crippen LogP contribution in [-0.2, 0) is 45.5 Å². The van der Waals surface area contributed by atoms with Gasteiger partial charge in [0.15, 0.2) is 6.10 Å². The molecule has 0 aliphatic heterocycles. The van der Waals surface area contributed by atoms with Gasteiger partial charge < -0.3 is 34.7 Å². The standard InChI is InChI=1S/C43H74NO11P/c1-5-7-8-9-10-11-12-13-14-15-18-21-26-38(45)39(46)27-24-30-43(48)54-37(34-53-56(49,50)52-32-31-44)33-51-42(47)29-23-20-17-16-19-22-28-41-36(4)35(3)40(55-41)25-6-2/h10-11,13-14,18,21,37-39,45-46H,5-9,12,15-17,19-20,22-34,44H2,1-4H3,(H,49,50)/b11-10-,14-13-,21-18-/t37-,38?,39?/m1/s1. The van der Waals surface area contributed by atoms with E-state index in [1.165, 1.54) is 30.4 Å². The predicted octanol–water partition coefficient (Wildman–Crippen LogP) is 8.98. The zero-order valence-electron chi connectivity index (χ0n) is 34.8. The Morgan fingerprint density at radius 2 is 1.36 bits per heavy atom. The van der Waals surface area contributed by atoms with Crippen molar-refractivity contribution >= 4 is 19.8 Å². The van der Waals surface area contributed by atoms with Crippen molar-refractivity contribution in [2.24, 2.45) is 5.73 Å². The molecule has 1 aromatic rings. The summed E-state index contributed by atoms with van der Waals surface area (Å²) in [5, 5.41) is 20.7. The number of phosphoric acid groups is 1. The molecule has 0 fully saturated rings. The van der Waals surface area contributed by atoms with Gasteiger partial charge >= 0.3 is 19.8 Å².